The molecule has 0 spiro atoms. The van der Waals surface area contributed by atoms with Crippen LogP contribution in [-0.2, 0) is 16.2 Å². The number of nitro benzene ring substituents is 1. The number of barbiturate groups is 1. The van der Waals surface area contributed by atoms with Gasteiger partial charge in [0.15, 0.2) is 11.5 Å². The second-order valence-electron chi connectivity index (χ2n) is 8.41. The van der Waals surface area contributed by atoms with Gasteiger partial charge in [0, 0.05) is 18.2 Å². The molecule has 182 valence electrons. The lowest BCUT2D eigenvalue weighted by Gasteiger charge is -2.35. The van der Waals surface area contributed by atoms with E-state index < -0.39 is 22.8 Å². The van der Waals surface area contributed by atoms with Crippen molar-refractivity contribution in [1.82, 2.24) is 10.2 Å². The van der Waals surface area contributed by atoms with E-state index in [2.05, 4.69) is 5.32 Å². The number of hydrogen-bond donors (Lipinski definition) is 1. The van der Waals surface area contributed by atoms with Crippen LogP contribution >= 0.6 is 0 Å². The summed E-state index contributed by atoms with van der Waals surface area (Å²) in [5.74, 6) is -0.524. The molecule has 0 unspecified atom stereocenters. The van der Waals surface area contributed by atoms with E-state index in [1.165, 1.54) is 30.2 Å². The van der Waals surface area contributed by atoms with Crippen LogP contribution in [0.1, 0.15) is 43.2 Å². The van der Waals surface area contributed by atoms with Gasteiger partial charge in [-0.1, -0.05) is 25.3 Å². The fraction of sp³-hybridized carbons (Fsp3) is 0.320. The second-order valence-corrected chi connectivity index (χ2v) is 8.41. The van der Waals surface area contributed by atoms with Crippen molar-refractivity contribution in [1.29, 1.82) is 0 Å². The van der Waals surface area contributed by atoms with Crippen molar-refractivity contribution in [3.05, 3.63) is 69.3 Å². The number of carbonyl (C=O) groups excluding carboxylic acids is 3. The van der Waals surface area contributed by atoms with Crippen LogP contribution in [0.2, 0.25) is 0 Å². The van der Waals surface area contributed by atoms with Crippen LogP contribution in [0.25, 0.3) is 6.08 Å². The maximum atomic E-state index is 13.1. The Kier molecular flexibility index (Phi) is 7.09. The van der Waals surface area contributed by atoms with Crippen molar-refractivity contribution >= 4 is 29.6 Å². The lowest BCUT2D eigenvalue weighted by atomic mass is 9.93. The Morgan fingerprint density at radius 3 is 2.43 bits per heavy atom. The summed E-state index contributed by atoms with van der Waals surface area (Å²) < 4.78 is 11.2. The summed E-state index contributed by atoms with van der Waals surface area (Å²) in [6.45, 7) is 0.161. The third-order valence-electron chi connectivity index (χ3n) is 6.11. The Hall–Kier alpha value is -4.21. The number of imide groups is 2. The number of amides is 4. The van der Waals surface area contributed by atoms with Crippen LogP contribution in [0.3, 0.4) is 0 Å². The number of urea groups is 1. The van der Waals surface area contributed by atoms with Gasteiger partial charge in [-0.2, -0.15) is 0 Å². The number of nitrogens with one attached hydrogen (secondary N) is 1. The third-order valence-corrected chi connectivity index (χ3v) is 6.11. The highest BCUT2D eigenvalue weighted by molar-refractivity contribution is 6.31. The lowest BCUT2D eigenvalue weighted by Crippen LogP contribution is -2.58. The van der Waals surface area contributed by atoms with Crippen LogP contribution in [0.4, 0.5) is 10.5 Å². The number of carbonyl (C=O) groups is 3. The highest BCUT2D eigenvalue weighted by Gasteiger charge is 2.40. The molecule has 0 atom stereocenters. The van der Waals surface area contributed by atoms with Gasteiger partial charge in [-0.25, -0.2) is 4.79 Å². The van der Waals surface area contributed by atoms with Gasteiger partial charge in [-0.05, 0) is 54.3 Å². The van der Waals surface area contributed by atoms with E-state index >= 15 is 0 Å². The zero-order valence-corrected chi connectivity index (χ0v) is 19.2. The number of nitrogens with zero attached hydrogens (tertiary/aromatic N) is 2. The second kappa shape index (κ2) is 10.4. The van der Waals surface area contributed by atoms with Crippen molar-refractivity contribution in [3.63, 3.8) is 0 Å². The summed E-state index contributed by atoms with van der Waals surface area (Å²) in [5.41, 5.74) is 1.15. The van der Waals surface area contributed by atoms with Crippen LogP contribution in [-0.4, -0.2) is 40.8 Å². The molecule has 0 aromatic heterocycles. The van der Waals surface area contributed by atoms with Gasteiger partial charge in [-0.3, -0.25) is 29.9 Å². The van der Waals surface area contributed by atoms with Gasteiger partial charge < -0.3 is 9.47 Å². The molecular formula is C25H25N3O7. The van der Waals surface area contributed by atoms with E-state index in [0.717, 1.165) is 37.7 Å². The van der Waals surface area contributed by atoms with E-state index in [1.807, 2.05) is 0 Å². The first kappa shape index (κ1) is 23.9. The molecule has 1 saturated heterocycles. The van der Waals surface area contributed by atoms with Gasteiger partial charge in [-0.15, -0.1) is 0 Å². The molecule has 2 aromatic carbocycles. The van der Waals surface area contributed by atoms with Gasteiger partial charge in [0.05, 0.1) is 12.0 Å². The lowest BCUT2D eigenvalue weighted by molar-refractivity contribution is -0.384. The molecule has 1 N–H and O–H groups in total. The molecule has 35 heavy (non-hydrogen) atoms. The normalized spacial score (nSPS) is 17.9. The fourth-order valence-electron chi connectivity index (χ4n) is 4.28. The number of benzene rings is 2. The molecule has 2 aliphatic rings. The summed E-state index contributed by atoms with van der Waals surface area (Å²) in [7, 11) is 1.47. The van der Waals surface area contributed by atoms with Crippen molar-refractivity contribution in [2.24, 2.45) is 0 Å². The molecule has 1 aliphatic heterocycles. The summed E-state index contributed by atoms with van der Waals surface area (Å²) in [6.07, 6.45) is 5.84. The average molecular weight is 479 g/mol. The van der Waals surface area contributed by atoms with Crippen LogP contribution in [0.15, 0.2) is 48.0 Å². The molecule has 4 rings (SSSR count). The minimum absolute atomic E-state index is 0.00577. The number of ether oxygens (including phenoxy) is 2. The standard InChI is InChI=1S/C25H25N3O7/c1-34-22-14-17(9-12-21(22)35-15-16-7-10-19(11-8-16)28(32)33)13-20-23(29)26-25(31)27(24(20)30)18-5-3-2-4-6-18/h7-14,18H,2-6,15H2,1H3,(H,26,29,31). The van der Waals surface area contributed by atoms with Gasteiger partial charge in [0.1, 0.15) is 12.2 Å². The number of nitro groups is 1. The highest BCUT2D eigenvalue weighted by atomic mass is 16.6. The zero-order valence-electron chi connectivity index (χ0n) is 19.2. The Morgan fingerprint density at radius 2 is 1.77 bits per heavy atom. The maximum Gasteiger partial charge on any atom is 0.331 e. The summed E-state index contributed by atoms with van der Waals surface area (Å²) in [5, 5.41) is 13.1. The molecule has 1 saturated carbocycles. The van der Waals surface area contributed by atoms with Gasteiger partial charge in [0.2, 0.25) is 0 Å². The Morgan fingerprint density at radius 1 is 1.06 bits per heavy atom. The van der Waals surface area contributed by atoms with Crippen LogP contribution < -0.4 is 14.8 Å². The first-order valence-electron chi connectivity index (χ1n) is 11.3. The number of rotatable bonds is 7. The van der Waals surface area contributed by atoms with Crippen molar-refractivity contribution < 1.29 is 28.8 Å². The minimum Gasteiger partial charge on any atom is -0.493 e. The molecule has 0 bridgehead atoms. The molecular weight excluding hydrogens is 454 g/mol. The molecule has 0 radical (unpaired) electrons. The van der Waals surface area contributed by atoms with Crippen molar-refractivity contribution in [2.75, 3.05) is 7.11 Å². The van der Waals surface area contributed by atoms with Crippen LogP contribution in [0.5, 0.6) is 11.5 Å². The summed E-state index contributed by atoms with van der Waals surface area (Å²) >= 11 is 0. The molecule has 1 aliphatic carbocycles. The van der Waals surface area contributed by atoms with E-state index in [1.54, 1.807) is 30.3 Å². The van der Waals surface area contributed by atoms with Crippen LogP contribution in [0, 0.1) is 10.1 Å². The average Bonchev–Trinajstić information content (AvgIpc) is 2.86. The Bertz CT molecular complexity index is 1180. The Balaban J connectivity index is 1.51. The van der Waals surface area contributed by atoms with Gasteiger partial charge >= 0.3 is 6.03 Å². The third kappa shape index (κ3) is 5.32. The fourth-order valence-corrected chi connectivity index (χ4v) is 4.28. The van der Waals surface area contributed by atoms with Gasteiger partial charge in [0.25, 0.3) is 17.5 Å². The molecule has 2 aromatic rings. The molecule has 4 amide bonds. The van der Waals surface area contributed by atoms with Crippen molar-refractivity contribution in [2.45, 2.75) is 44.8 Å². The quantitative estimate of drug-likeness (QED) is 0.275. The van der Waals surface area contributed by atoms with E-state index in [9.17, 15) is 24.5 Å². The topological polar surface area (TPSA) is 128 Å². The van der Waals surface area contributed by atoms with E-state index in [4.69, 9.17) is 9.47 Å². The first-order chi connectivity index (χ1) is 16.9. The minimum atomic E-state index is -0.732. The SMILES string of the molecule is COc1cc(C=C2C(=O)NC(=O)N(C3CCCCC3)C2=O)ccc1OCc1ccc([N+](=O)[O-])cc1. The van der Waals surface area contributed by atoms with Crippen molar-refractivity contribution in [3.8, 4) is 11.5 Å². The number of hydrogen-bond acceptors (Lipinski definition) is 7. The highest BCUT2D eigenvalue weighted by Crippen LogP contribution is 2.31. The summed E-state index contributed by atoms with van der Waals surface area (Å²) in [6, 6.07) is 10.1. The molecule has 10 heteroatoms. The van der Waals surface area contributed by atoms with E-state index in [-0.39, 0.29) is 23.9 Å². The molecule has 1 heterocycles. The number of methoxy groups -OCH3 is 1. The maximum absolute atomic E-state index is 13.1. The predicted octanol–water partition coefficient (Wildman–Crippen LogP) is 3.98. The summed E-state index contributed by atoms with van der Waals surface area (Å²) in [4.78, 5) is 49.4. The molecule has 2 fully saturated rings. The monoisotopic (exact) mass is 479 g/mol. The predicted molar refractivity (Wildman–Crippen MR) is 126 cm³/mol. The molecule has 10 nitrogen and oxygen atoms in total. The smallest absolute Gasteiger partial charge is 0.331 e. The largest absolute Gasteiger partial charge is 0.493 e. The zero-order chi connectivity index (χ0) is 24.9. The van der Waals surface area contributed by atoms with E-state index in [0.29, 0.717) is 17.1 Å². The first-order valence-corrected chi connectivity index (χ1v) is 11.3. The Labute approximate surface area is 201 Å². The number of non-ortho nitro benzene ring substituents is 1.